The van der Waals surface area contributed by atoms with Gasteiger partial charge in [0.25, 0.3) is 5.91 Å². The molecule has 2 heterocycles. The lowest BCUT2D eigenvalue weighted by molar-refractivity contribution is -0.145. The highest BCUT2D eigenvalue weighted by Crippen LogP contribution is 2.33. The monoisotopic (exact) mass is 352 g/mol. The lowest BCUT2D eigenvalue weighted by atomic mass is 9.98. The molecule has 1 aromatic rings. The summed E-state index contributed by atoms with van der Waals surface area (Å²) in [6.45, 7) is 3.45. The van der Waals surface area contributed by atoms with Crippen LogP contribution in [0.25, 0.3) is 0 Å². The molecule has 2 aliphatic heterocycles. The molecule has 5 heteroatoms. The van der Waals surface area contributed by atoms with Crippen LogP contribution in [0, 0.1) is 6.92 Å². The van der Waals surface area contributed by atoms with Crippen LogP contribution in [0.4, 0.5) is 0 Å². The summed E-state index contributed by atoms with van der Waals surface area (Å²) in [7, 11) is 0. The van der Waals surface area contributed by atoms with Crippen LogP contribution >= 0.6 is 12.4 Å². The molecule has 0 aliphatic carbocycles. The molecule has 0 aromatic heterocycles. The topological polar surface area (TPSA) is 55.6 Å². The quantitative estimate of drug-likeness (QED) is 0.907. The standard InChI is InChI=1S/C19H28N2O2.ClH/c1-14-6-5-7-15(12-14)17-8-3-2-4-11-21(17)19(22)18-10-9-16(13-20)23-18;/h5-7,12,16-18H,2-4,8-11,13,20H2,1H3;1H/t16-,17?,18+;/m1./s1. The van der Waals surface area contributed by atoms with Gasteiger partial charge >= 0.3 is 0 Å². The Morgan fingerprint density at radius 3 is 2.79 bits per heavy atom. The first kappa shape index (κ1) is 19.2. The Kier molecular flexibility index (Phi) is 7.08. The second-order valence-electron chi connectivity index (χ2n) is 6.87. The van der Waals surface area contributed by atoms with Gasteiger partial charge in [0.15, 0.2) is 0 Å². The fraction of sp³-hybridized carbons (Fsp3) is 0.632. The zero-order valence-corrected chi connectivity index (χ0v) is 15.3. The highest BCUT2D eigenvalue weighted by Gasteiger charge is 2.36. The average Bonchev–Trinajstić information content (AvgIpc) is 2.91. The largest absolute Gasteiger partial charge is 0.364 e. The van der Waals surface area contributed by atoms with Crippen LogP contribution < -0.4 is 5.73 Å². The number of rotatable bonds is 3. The Morgan fingerprint density at radius 1 is 1.25 bits per heavy atom. The maximum Gasteiger partial charge on any atom is 0.252 e. The molecule has 2 saturated heterocycles. The number of halogens is 1. The third-order valence-corrected chi connectivity index (χ3v) is 5.11. The summed E-state index contributed by atoms with van der Waals surface area (Å²) in [5, 5.41) is 0. The van der Waals surface area contributed by atoms with Gasteiger partial charge in [-0.2, -0.15) is 0 Å². The molecule has 24 heavy (non-hydrogen) atoms. The van der Waals surface area contributed by atoms with Gasteiger partial charge in [-0.25, -0.2) is 0 Å². The molecule has 0 bridgehead atoms. The second-order valence-corrected chi connectivity index (χ2v) is 6.87. The van der Waals surface area contributed by atoms with Gasteiger partial charge in [0.05, 0.1) is 12.1 Å². The van der Waals surface area contributed by atoms with Gasteiger partial charge in [0.2, 0.25) is 0 Å². The maximum absolute atomic E-state index is 13.0. The van der Waals surface area contributed by atoms with Gasteiger partial charge < -0.3 is 15.4 Å². The molecule has 1 amide bonds. The third-order valence-electron chi connectivity index (χ3n) is 5.11. The summed E-state index contributed by atoms with van der Waals surface area (Å²) in [5.41, 5.74) is 8.19. The van der Waals surface area contributed by atoms with Crippen molar-refractivity contribution in [3.8, 4) is 0 Å². The molecule has 3 atom stereocenters. The van der Waals surface area contributed by atoms with E-state index < -0.39 is 0 Å². The zero-order valence-electron chi connectivity index (χ0n) is 14.4. The highest BCUT2D eigenvalue weighted by molar-refractivity contribution is 5.85. The zero-order chi connectivity index (χ0) is 16.2. The van der Waals surface area contributed by atoms with E-state index in [4.69, 9.17) is 10.5 Å². The van der Waals surface area contributed by atoms with E-state index in [0.29, 0.717) is 6.54 Å². The van der Waals surface area contributed by atoms with Crippen LogP contribution in [-0.2, 0) is 9.53 Å². The minimum absolute atomic E-state index is 0. The predicted octanol–water partition coefficient (Wildman–Crippen LogP) is 3.37. The fourth-order valence-electron chi connectivity index (χ4n) is 3.84. The Labute approximate surface area is 151 Å². The van der Waals surface area contributed by atoms with Crippen molar-refractivity contribution >= 4 is 18.3 Å². The minimum Gasteiger partial charge on any atom is -0.364 e. The lowest BCUT2D eigenvalue weighted by Gasteiger charge is -2.32. The molecular formula is C19H29ClN2O2. The SMILES string of the molecule is Cc1cccc(C2CCCCCN2C(=O)[C@@H]2CC[C@H](CN)O2)c1.Cl. The number of nitrogens with two attached hydrogens (primary N) is 1. The van der Waals surface area contributed by atoms with E-state index in [0.717, 1.165) is 32.2 Å². The molecule has 1 unspecified atom stereocenters. The number of amides is 1. The number of benzene rings is 1. The van der Waals surface area contributed by atoms with Crippen molar-refractivity contribution in [2.75, 3.05) is 13.1 Å². The molecule has 0 spiro atoms. The first-order valence-electron chi connectivity index (χ1n) is 8.91. The number of carbonyl (C=O) groups excluding carboxylic acids is 1. The van der Waals surface area contributed by atoms with Crippen LogP contribution in [0.1, 0.15) is 55.7 Å². The molecule has 4 nitrogen and oxygen atoms in total. The molecule has 2 aliphatic rings. The van der Waals surface area contributed by atoms with E-state index in [9.17, 15) is 4.79 Å². The number of hydrogen-bond acceptors (Lipinski definition) is 3. The predicted molar refractivity (Wildman–Crippen MR) is 98.3 cm³/mol. The minimum atomic E-state index is -0.297. The van der Waals surface area contributed by atoms with Gasteiger partial charge in [-0.15, -0.1) is 12.4 Å². The van der Waals surface area contributed by atoms with Gasteiger partial charge in [-0.1, -0.05) is 42.7 Å². The smallest absolute Gasteiger partial charge is 0.252 e. The number of carbonyl (C=O) groups is 1. The summed E-state index contributed by atoms with van der Waals surface area (Å²) < 4.78 is 5.86. The average molecular weight is 353 g/mol. The van der Waals surface area contributed by atoms with Crippen molar-refractivity contribution in [1.82, 2.24) is 4.90 Å². The van der Waals surface area contributed by atoms with Crippen molar-refractivity contribution in [1.29, 1.82) is 0 Å². The molecule has 0 saturated carbocycles. The summed E-state index contributed by atoms with van der Waals surface area (Å²) >= 11 is 0. The van der Waals surface area contributed by atoms with Crippen LogP contribution in [0.5, 0.6) is 0 Å². The summed E-state index contributed by atoms with van der Waals surface area (Å²) in [6.07, 6.45) is 5.96. The maximum atomic E-state index is 13.0. The van der Waals surface area contributed by atoms with E-state index >= 15 is 0 Å². The van der Waals surface area contributed by atoms with Crippen molar-refractivity contribution in [2.24, 2.45) is 5.73 Å². The van der Waals surface area contributed by atoms with Crippen molar-refractivity contribution in [3.63, 3.8) is 0 Å². The summed E-state index contributed by atoms with van der Waals surface area (Å²) in [4.78, 5) is 15.1. The van der Waals surface area contributed by atoms with E-state index in [1.54, 1.807) is 0 Å². The first-order chi connectivity index (χ1) is 11.2. The molecule has 1 aromatic carbocycles. The number of nitrogens with zero attached hydrogens (tertiary/aromatic N) is 1. The van der Waals surface area contributed by atoms with Crippen LogP contribution in [-0.4, -0.2) is 36.1 Å². The van der Waals surface area contributed by atoms with Crippen molar-refractivity contribution in [2.45, 2.75) is 63.7 Å². The third kappa shape index (κ3) is 4.29. The fourth-order valence-corrected chi connectivity index (χ4v) is 3.84. The van der Waals surface area contributed by atoms with E-state index in [-0.39, 0.29) is 36.6 Å². The van der Waals surface area contributed by atoms with Crippen LogP contribution in [0.15, 0.2) is 24.3 Å². The highest BCUT2D eigenvalue weighted by atomic mass is 35.5. The summed E-state index contributed by atoms with van der Waals surface area (Å²) in [5.74, 6) is 0.161. The Balaban J connectivity index is 0.00000208. The van der Waals surface area contributed by atoms with E-state index in [2.05, 4.69) is 36.1 Å². The Bertz CT molecular complexity index is 552. The molecule has 0 radical (unpaired) electrons. The number of aryl methyl sites for hydroxylation is 1. The first-order valence-corrected chi connectivity index (χ1v) is 8.91. The number of likely N-dealkylation sites (tertiary alicyclic amines) is 1. The molecule has 2 fully saturated rings. The second kappa shape index (κ2) is 8.84. The molecule has 3 rings (SSSR count). The molecule has 2 N–H and O–H groups in total. The normalized spacial score (nSPS) is 27.4. The van der Waals surface area contributed by atoms with Gasteiger partial charge in [0, 0.05) is 13.1 Å². The van der Waals surface area contributed by atoms with Crippen LogP contribution in [0.2, 0.25) is 0 Å². The van der Waals surface area contributed by atoms with Gasteiger partial charge in [-0.05, 0) is 38.2 Å². The lowest BCUT2D eigenvalue weighted by Crippen LogP contribution is -2.42. The van der Waals surface area contributed by atoms with Crippen LogP contribution in [0.3, 0.4) is 0 Å². The van der Waals surface area contributed by atoms with Crippen molar-refractivity contribution in [3.05, 3.63) is 35.4 Å². The Morgan fingerprint density at radius 2 is 2.08 bits per heavy atom. The number of ether oxygens (including phenoxy) is 1. The van der Waals surface area contributed by atoms with Crippen molar-refractivity contribution < 1.29 is 9.53 Å². The van der Waals surface area contributed by atoms with Gasteiger partial charge in [0.1, 0.15) is 6.10 Å². The number of hydrogen-bond donors (Lipinski definition) is 1. The van der Waals surface area contributed by atoms with E-state index in [1.165, 1.54) is 24.0 Å². The summed E-state index contributed by atoms with van der Waals surface area (Å²) in [6, 6.07) is 8.76. The van der Waals surface area contributed by atoms with Gasteiger partial charge in [-0.3, -0.25) is 4.79 Å². The molecule has 134 valence electrons. The Hall–Kier alpha value is -1.10. The molecular weight excluding hydrogens is 324 g/mol. The van der Waals surface area contributed by atoms with E-state index in [1.807, 2.05) is 0 Å².